The van der Waals surface area contributed by atoms with E-state index in [1.165, 1.54) is 0 Å². The van der Waals surface area contributed by atoms with E-state index in [0.29, 0.717) is 23.5 Å². The summed E-state index contributed by atoms with van der Waals surface area (Å²) >= 11 is 0. The van der Waals surface area contributed by atoms with Crippen LogP contribution in [0, 0.1) is 6.92 Å². The van der Waals surface area contributed by atoms with Crippen molar-refractivity contribution in [3.8, 4) is 5.75 Å². The van der Waals surface area contributed by atoms with Crippen molar-refractivity contribution in [1.82, 2.24) is 4.98 Å². The average molecular weight is 254 g/mol. The number of ketones is 1. The molecule has 4 nitrogen and oxygen atoms in total. The molecule has 1 aromatic carbocycles. The average Bonchev–Trinajstić information content (AvgIpc) is 2.46. The molecular formula is C15H14N2O2. The van der Waals surface area contributed by atoms with Gasteiger partial charge in [-0.3, -0.25) is 9.78 Å². The molecule has 0 fully saturated rings. The number of pyridine rings is 1. The van der Waals surface area contributed by atoms with Gasteiger partial charge in [0.25, 0.3) is 0 Å². The van der Waals surface area contributed by atoms with E-state index in [0.717, 1.165) is 17.8 Å². The van der Waals surface area contributed by atoms with Crippen LogP contribution in [-0.2, 0) is 0 Å². The van der Waals surface area contributed by atoms with Crippen LogP contribution in [0.3, 0.4) is 0 Å². The van der Waals surface area contributed by atoms with Crippen LogP contribution >= 0.6 is 0 Å². The Hall–Kier alpha value is -2.36. The lowest BCUT2D eigenvalue weighted by molar-refractivity contribution is 0.103. The number of para-hydroxylation sites is 1. The lowest BCUT2D eigenvalue weighted by atomic mass is 10.0. The quantitative estimate of drug-likeness (QED) is 0.836. The van der Waals surface area contributed by atoms with Gasteiger partial charge in [0.2, 0.25) is 0 Å². The van der Waals surface area contributed by atoms with Gasteiger partial charge < -0.3 is 10.1 Å². The Morgan fingerprint density at radius 3 is 3.11 bits per heavy atom. The van der Waals surface area contributed by atoms with Crippen LogP contribution in [0.4, 0.5) is 5.69 Å². The SMILES string of the molecule is Cc1cncc(C(=O)c2cccc3c2OCCN3)c1. The van der Waals surface area contributed by atoms with Gasteiger partial charge in [-0.05, 0) is 30.7 Å². The largest absolute Gasteiger partial charge is 0.489 e. The number of carbonyl (C=O) groups excluding carboxylic acids is 1. The second-order valence-corrected chi connectivity index (χ2v) is 4.54. The Morgan fingerprint density at radius 1 is 1.37 bits per heavy atom. The van der Waals surface area contributed by atoms with E-state index in [9.17, 15) is 4.79 Å². The summed E-state index contributed by atoms with van der Waals surface area (Å²) in [6.07, 6.45) is 3.32. The van der Waals surface area contributed by atoms with Gasteiger partial charge in [-0.1, -0.05) is 6.07 Å². The normalized spacial score (nSPS) is 13.1. The van der Waals surface area contributed by atoms with Gasteiger partial charge in [0.1, 0.15) is 6.61 Å². The number of anilines is 1. The summed E-state index contributed by atoms with van der Waals surface area (Å²) in [4.78, 5) is 16.6. The molecular weight excluding hydrogens is 240 g/mol. The van der Waals surface area contributed by atoms with Crippen LogP contribution in [-0.4, -0.2) is 23.9 Å². The molecule has 3 rings (SSSR count). The van der Waals surface area contributed by atoms with E-state index in [2.05, 4.69) is 10.3 Å². The molecule has 1 aliphatic rings. The number of nitrogens with zero attached hydrogens (tertiary/aromatic N) is 1. The minimum absolute atomic E-state index is 0.0586. The van der Waals surface area contributed by atoms with E-state index in [-0.39, 0.29) is 5.78 Å². The van der Waals surface area contributed by atoms with Gasteiger partial charge in [0, 0.05) is 24.5 Å². The Balaban J connectivity index is 2.05. The van der Waals surface area contributed by atoms with Gasteiger partial charge in [-0.2, -0.15) is 0 Å². The predicted molar refractivity (Wildman–Crippen MR) is 72.8 cm³/mol. The van der Waals surface area contributed by atoms with E-state index in [1.54, 1.807) is 18.5 Å². The highest BCUT2D eigenvalue weighted by Crippen LogP contribution is 2.32. The Labute approximate surface area is 111 Å². The number of benzene rings is 1. The predicted octanol–water partition coefficient (Wildman–Crippen LogP) is 2.43. The first-order chi connectivity index (χ1) is 9.25. The van der Waals surface area contributed by atoms with Gasteiger partial charge in [-0.25, -0.2) is 0 Å². The van der Waals surface area contributed by atoms with E-state index < -0.39 is 0 Å². The summed E-state index contributed by atoms with van der Waals surface area (Å²) in [5, 5.41) is 3.23. The Kier molecular flexibility index (Phi) is 2.91. The summed E-state index contributed by atoms with van der Waals surface area (Å²) in [6, 6.07) is 7.40. The first kappa shape index (κ1) is 11.7. The van der Waals surface area contributed by atoms with Gasteiger partial charge in [0.05, 0.1) is 11.3 Å². The molecule has 19 heavy (non-hydrogen) atoms. The molecule has 0 saturated heterocycles. The number of rotatable bonds is 2. The molecule has 0 aliphatic carbocycles. The maximum Gasteiger partial charge on any atom is 0.198 e. The van der Waals surface area contributed by atoms with Crippen molar-refractivity contribution in [2.45, 2.75) is 6.92 Å². The van der Waals surface area contributed by atoms with E-state index in [1.807, 2.05) is 25.1 Å². The molecule has 2 heterocycles. The van der Waals surface area contributed by atoms with Crippen LogP contribution < -0.4 is 10.1 Å². The third-order valence-electron chi connectivity index (χ3n) is 3.06. The van der Waals surface area contributed by atoms with Crippen molar-refractivity contribution < 1.29 is 9.53 Å². The number of carbonyl (C=O) groups is 1. The van der Waals surface area contributed by atoms with Crippen molar-refractivity contribution in [2.24, 2.45) is 0 Å². The summed E-state index contributed by atoms with van der Waals surface area (Å²) in [5.41, 5.74) is 3.01. The van der Waals surface area contributed by atoms with Crippen LogP contribution in [0.5, 0.6) is 5.75 Å². The van der Waals surface area contributed by atoms with Gasteiger partial charge in [0.15, 0.2) is 11.5 Å². The van der Waals surface area contributed by atoms with Crippen LogP contribution in [0.2, 0.25) is 0 Å². The number of aryl methyl sites for hydroxylation is 1. The summed E-state index contributed by atoms with van der Waals surface area (Å²) in [5.74, 6) is 0.581. The van der Waals surface area contributed by atoms with Gasteiger partial charge in [-0.15, -0.1) is 0 Å². The first-order valence-corrected chi connectivity index (χ1v) is 6.22. The molecule has 4 heteroatoms. The second kappa shape index (κ2) is 4.72. The molecule has 0 atom stereocenters. The van der Waals surface area contributed by atoms with Crippen LogP contribution in [0.25, 0.3) is 0 Å². The fourth-order valence-corrected chi connectivity index (χ4v) is 2.18. The smallest absolute Gasteiger partial charge is 0.198 e. The van der Waals surface area contributed by atoms with Crippen molar-refractivity contribution in [1.29, 1.82) is 0 Å². The Morgan fingerprint density at radius 2 is 2.26 bits per heavy atom. The maximum absolute atomic E-state index is 12.5. The zero-order valence-electron chi connectivity index (χ0n) is 10.6. The number of aromatic nitrogens is 1. The molecule has 1 N–H and O–H groups in total. The first-order valence-electron chi connectivity index (χ1n) is 6.22. The van der Waals surface area contributed by atoms with Crippen molar-refractivity contribution in [2.75, 3.05) is 18.5 Å². The monoisotopic (exact) mass is 254 g/mol. The zero-order chi connectivity index (χ0) is 13.2. The molecule has 2 aromatic rings. The molecule has 0 saturated carbocycles. The minimum Gasteiger partial charge on any atom is -0.489 e. The molecule has 96 valence electrons. The highest BCUT2D eigenvalue weighted by atomic mass is 16.5. The zero-order valence-corrected chi connectivity index (χ0v) is 10.6. The van der Waals surface area contributed by atoms with Crippen molar-refractivity contribution in [3.63, 3.8) is 0 Å². The van der Waals surface area contributed by atoms with Crippen molar-refractivity contribution >= 4 is 11.5 Å². The summed E-state index contributed by atoms with van der Waals surface area (Å²) < 4.78 is 5.62. The number of hydrogen-bond donors (Lipinski definition) is 1. The van der Waals surface area contributed by atoms with Gasteiger partial charge >= 0.3 is 0 Å². The third kappa shape index (κ3) is 2.17. The fourth-order valence-electron chi connectivity index (χ4n) is 2.18. The molecule has 0 spiro atoms. The summed E-state index contributed by atoms with van der Waals surface area (Å²) in [7, 11) is 0. The molecule has 0 radical (unpaired) electrons. The highest BCUT2D eigenvalue weighted by Gasteiger charge is 2.20. The molecule has 1 aliphatic heterocycles. The number of hydrogen-bond acceptors (Lipinski definition) is 4. The lowest BCUT2D eigenvalue weighted by Gasteiger charge is -2.21. The minimum atomic E-state index is -0.0586. The molecule has 0 bridgehead atoms. The fraction of sp³-hybridized carbons (Fsp3) is 0.200. The number of nitrogens with one attached hydrogen (secondary N) is 1. The highest BCUT2D eigenvalue weighted by molar-refractivity contribution is 6.11. The van der Waals surface area contributed by atoms with Crippen LogP contribution in [0.15, 0.2) is 36.7 Å². The molecule has 1 aromatic heterocycles. The van der Waals surface area contributed by atoms with Crippen LogP contribution in [0.1, 0.15) is 21.5 Å². The standard InChI is InChI=1S/C15H14N2O2/c1-10-7-11(9-16-8-10)14(18)12-3-2-4-13-15(12)19-6-5-17-13/h2-4,7-9,17H,5-6H2,1H3. The lowest BCUT2D eigenvalue weighted by Crippen LogP contribution is -2.20. The Bertz CT molecular complexity index is 638. The molecule has 0 unspecified atom stereocenters. The maximum atomic E-state index is 12.5. The van der Waals surface area contributed by atoms with E-state index >= 15 is 0 Å². The third-order valence-corrected chi connectivity index (χ3v) is 3.06. The molecule has 0 amide bonds. The van der Waals surface area contributed by atoms with E-state index in [4.69, 9.17) is 4.74 Å². The summed E-state index contributed by atoms with van der Waals surface area (Å²) in [6.45, 7) is 3.25. The topological polar surface area (TPSA) is 51.2 Å². The second-order valence-electron chi connectivity index (χ2n) is 4.54. The van der Waals surface area contributed by atoms with Crippen molar-refractivity contribution in [3.05, 3.63) is 53.3 Å². The number of fused-ring (bicyclic) bond motifs is 1. The number of ether oxygens (including phenoxy) is 1.